The van der Waals surface area contributed by atoms with Crippen LogP contribution in [-0.2, 0) is 26.4 Å². The number of methoxy groups -OCH3 is 1. The van der Waals surface area contributed by atoms with E-state index in [1.54, 1.807) is 0 Å². The molecule has 0 bridgehead atoms. The monoisotopic (exact) mass is 288 g/mol. The number of carbonyl (C=O) groups excluding carboxylic acids is 1. The Morgan fingerprint density at radius 1 is 1.43 bits per heavy atom. The number of carbonyl (C=O) groups is 1. The first kappa shape index (κ1) is 13.3. The van der Waals surface area contributed by atoms with Gasteiger partial charge in [0.05, 0.1) is 38.3 Å². The maximum absolute atomic E-state index is 12.5. The van der Waals surface area contributed by atoms with Gasteiger partial charge >= 0.3 is 5.97 Å². The fourth-order valence-electron chi connectivity index (χ4n) is 4.98. The Morgan fingerprint density at radius 2 is 2.19 bits per heavy atom. The van der Waals surface area contributed by atoms with Crippen LogP contribution in [0.25, 0.3) is 0 Å². The van der Waals surface area contributed by atoms with Crippen molar-refractivity contribution < 1.29 is 18.8 Å². The molecule has 3 aliphatic heterocycles. The average molecular weight is 288 g/mol. The van der Waals surface area contributed by atoms with Crippen molar-refractivity contribution in [2.75, 3.05) is 26.8 Å². The minimum absolute atomic E-state index is 0.130. The Labute approximate surface area is 125 Å². The maximum atomic E-state index is 12.5. The second-order valence-electron chi connectivity index (χ2n) is 6.89. The average Bonchev–Trinajstić information content (AvgIpc) is 2.67. The number of rotatable bonds is 1. The second kappa shape index (κ2) is 4.08. The summed E-state index contributed by atoms with van der Waals surface area (Å²) in [5.74, 6) is 0.492. The molecule has 1 fully saturated rings. The Kier molecular flexibility index (Phi) is 2.58. The summed E-state index contributed by atoms with van der Waals surface area (Å²) in [4.78, 5) is 12.5. The molecule has 2 atom stereocenters. The van der Waals surface area contributed by atoms with Crippen LogP contribution in [0, 0.1) is 5.92 Å². The van der Waals surface area contributed by atoms with E-state index in [0.717, 1.165) is 31.7 Å². The van der Waals surface area contributed by atoms with E-state index in [0.29, 0.717) is 10.4 Å². The lowest BCUT2D eigenvalue weighted by Gasteiger charge is -2.57. The van der Waals surface area contributed by atoms with Gasteiger partial charge in [0.15, 0.2) is 0 Å². The summed E-state index contributed by atoms with van der Waals surface area (Å²) in [6, 6.07) is 6.10. The molecule has 112 valence electrons. The highest BCUT2D eigenvalue weighted by Gasteiger charge is 2.70. The zero-order chi connectivity index (χ0) is 14.8. The summed E-state index contributed by atoms with van der Waals surface area (Å²) in [6.07, 6.45) is 0.933. The third-order valence-electron chi connectivity index (χ3n) is 5.74. The molecule has 0 saturated carbocycles. The van der Waals surface area contributed by atoms with E-state index in [4.69, 9.17) is 9.47 Å². The number of benzene rings is 1. The van der Waals surface area contributed by atoms with Crippen LogP contribution in [0.1, 0.15) is 36.6 Å². The molecule has 2 unspecified atom stereocenters. The zero-order valence-electron chi connectivity index (χ0n) is 12.9. The lowest BCUT2D eigenvalue weighted by Crippen LogP contribution is -2.72. The Bertz CT molecular complexity index is 620. The minimum atomic E-state index is -0.393. The minimum Gasteiger partial charge on any atom is -0.464 e. The summed E-state index contributed by atoms with van der Waals surface area (Å²) < 4.78 is 12.1. The van der Waals surface area contributed by atoms with E-state index in [-0.39, 0.29) is 12.0 Å². The predicted molar refractivity (Wildman–Crippen MR) is 77.4 cm³/mol. The van der Waals surface area contributed by atoms with E-state index >= 15 is 0 Å². The Hall–Kier alpha value is -1.39. The molecule has 1 spiro atoms. The number of ether oxygens (including phenoxy) is 2. The van der Waals surface area contributed by atoms with Gasteiger partial charge in [-0.2, -0.15) is 0 Å². The van der Waals surface area contributed by atoms with Gasteiger partial charge in [-0.05, 0) is 12.0 Å². The molecule has 4 rings (SSSR count). The van der Waals surface area contributed by atoms with Crippen molar-refractivity contribution in [3.05, 3.63) is 34.9 Å². The number of hydrogen-bond acceptors (Lipinski definition) is 3. The maximum Gasteiger partial charge on any atom is 0.369 e. The van der Waals surface area contributed by atoms with Crippen LogP contribution in [0.2, 0.25) is 0 Å². The van der Waals surface area contributed by atoms with Crippen molar-refractivity contribution in [3.8, 4) is 0 Å². The van der Waals surface area contributed by atoms with Crippen molar-refractivity contribution in [1.82, 2.24) is 0 Å². The molecule has 0 N–H and O–H groups in total. The van der Waals surface area contributed by atoms with Gasteiger partial charge in [-0.25, -0.2) is 4.79 Å². The first-order chi connectivity index (χ1) is 10.0. The largest absolute Gasteiger partial charge is 0.464 e. The van der Waals surface area contributed by atoms with Crippen molar-refractivity contribution in [3.63, 3.8) is 0 Å². The van der Waals surface area contributed by atoms with Crippen LogP contribution in [-0.4, -0.2) is 37.3 Å². The Morgan fingerprint density at radius 3 is 2.86 bits per heavy atom. The fourth-order valence-corrected chi connectivity index (χ4v) is 4.98. The third kappa shape index (κ3) is 1.40. The van der Waals surface area contributed by atoms with Gasteiger partial charge in [0.1, 0.15) is 0 Å². The fraction of sp³-hybridized carbons (Fsp3) is 0.588. The number of quaternary nitrogens is 1. The summed E-state index contributed by atoms with van der Waals surface area (Å²) >= 11 is 0. The molecule has 1 saturated heterocycles. The molecule has 3 aliphatic rings. The first-order valence-electron chi connectivity index (χ1n) is 7.74. The van der Waals surface area contributed by atoms with Crippen LogP contribution < -0.4 is 0 Å². The van der Waals surface area contributed by atoms with E-state index in [1.165, 1.54) is 18.2 Å². The van der Waals surface area contributed by atoms with Crippen LogP contribution in [0.15, 0.2) is 18.2 Å². The number of esters is 1. The number of hydrogen-bond donors (Lipinski definition) is 0. The van der Waals surface area contributed by atoms with E-state index in [9.17, 15) is 4.79 Å². The first-order valence-corrected chi connectivity index (χ1v) is 7.74. The van der Waals surface area contributed by atoms with Crippen LogP contribution in [0.4, 0.5) is 0 Å². The second-order valence-corrected chi connectivity index (χ2v) is 6.89. The zero-order valence-corrected chi connectivity index (χ0v) is 12.9. The molecule has 1 aromatic rings. The molecule has 0 radical (unpaired) electrons. The normalized spacial score (nSPS) is 39.8. The van der Waals surface area contributed by atoms with Gasteiger partial charge in [0.2, 0.25) is 11.8 Å². The summed E-state index contributed by atoms with van der Waals surface area (Å²) in [5, 5.41) is 0. The standard InChI is InChI=1S/C17H22NO3/c1-11-9-18(10-11)15(16(19)20-3)13-6-4-5-12-7-8-21-17(18,2)14(12)13/h4-6,11,15H,7-10H2,1-3H3/q+1. The van der Waals surface area contributed by atoms with Crippen molar-refractivity contribution in [2.24, 2.45) is 5.92 Å². The molecule has 1 aromatic carbocycles. The molecule has 4 heteroatoms. The van der Waals surface area contributed by atoms with Gasteiger partial charge in [-0.3, -0.25) is 4.48 Å². The molecular weight excluding hydrogens is 266 g/mol. The van der Waals surface area contributed by atoms with Crippen LogP contribution in [0.3, 0.4) is 0 Å². The van der Waals surface area contributed by atoms with Crippen LogP contribution in [0.5, 0.6) is 0 Å². The lowest BCUT2D eigenvalue weighted by molar-refractivity contribution is -1.06. The quantitative estimate of drug-likeness (QED) is 0.586. The van der Waals surface area contributed by atoms with E-state index < -0.39 is 5.72 Å². The smallest absolute Gasteiger partial charge is 0.369 e. The van der Waals surface area contributed by atoms with Gasteiger partial charge in [0.25, 0.3) is 0 Å². The molecule has 0 aromatic heterocycles. The van der Waals surface area contributed by atoms with Gasteiger partial charge in [0, 0.05) is 12.5 Å². The van der Waals surface area contributed by atoms with E-state index in [1.807, 2.05) is 0 Å². The van der Waals surface area contributed by atoms with Gasteiger partial charge < -0.3 is 9.47 Å². The van der Waals surface area contributed by atoms with Gasteiger partial charge in [-0.1, -0.05) is 25.1 Å². The molecule has 21 heavy (non-hydrogen) atoms. The van der Waals surface area contributed by atoms with Crippen molar-refractivity contribution in [2.45, 2.75) is 32.0 Å². The summed E-state index contributed by atoms with van der Waals surface area (Å²) in [5.41, 5.74) is 3.31. The molecule has 0 aliphatic carbocycles. The molecular formula is C17H22NO3+. The van der Waals surface area contributed by atoms with Crippen molar-refractivity contribution in [1.29, 1.82) is 0 Å². The Balaban J connectivity index is 1.96. The van der Waals surface area contributed by atoms with Gasteiger partial charge in [-0.15, -0.1) is 0 Å². The molecule has 4 nitrogen and oxygen atoms in total. The molecule has 0 amide bonds. The highest BCUT2D eigenvalue weighted by Crippen LogP contribution is 2.59. The SMILES string of the molecule is COC(=O)C1c2cccc3c2C(C)(OCC3)[N+]12CC(C)C2. The van der Waals surface area contributed by atoms with Crippen LogP contribution >= 0.6 is 0 Å². The predicted octanol–water partition coefficient (Wildman–Crippen LogP) is 2.13. The summed E-state index contributed by atoms with van der Waals surface area (Å²) in [6.45, 7) is 7.10. The number of fused-ring (bicyclic) bond motifs is 1. The van der Waals surface area contributed by atoms with Crippen molar-refractivity contribution >= 4 is 5.97 Å². The lowest BCUT2D eigenvalue weighted by atomic mass is 9.88. The third-order valence-corrected chi connectivity index (χ3v) is 5.74. The topological polar surface area (TPSA) is 35.5 Å². The number of nitrogens with zero attached hydrogens (tertiary/aromatic N) is 1. The highest BCUT2D eigenvalue weighted by atomic mass is 16.5. The van der Waals surface area contributed by atoms with E-state index in [2.05, 4.69) is 32.0 Å². The highest BCUT2D eigenvalue weighted by molar-refractivity contribution is 5.78. The summed E-state index contributed by atoms with van der Waals surface area (Å²) in [7, 11) is 1.49. The molecule has 3 heterocycles.